The summed E-state index contributed by atoms with van der Waals surface area (Å²) in [7, 11) is 0. The van der Waals surface area contributed by atoms with Crippen molar-refractivity contribution in [3.8, 4) is 5.75 Å². The minimum atomic E-state index is -2.59. The van der Waals surface area contributed by atoms with Crippen LogP contribution in [0.2, 0.25) is 0 Å². The average molecular weight is 255 g/mol. The second-order valence-electron chi connectivity index (χ2n) is 2.28. The molecule has 0 unspecified atom stereocenters. The van der Waals surface area contributed by atoms with Crippen LogP contribution in [-0.2, 0) is 0 Å². The Labute approximate surface area is 81.6 Å². The standard InChI is InChI=1S/C8H6BrF3O/c9-5-1-2-7(6(10)3-5)13-4-8(11)12/h1-3,8H,4H2. The third-order valence-electron chi connectivity index (χ3n) is 1.26. The van der Waals surface area contributed by atoms with Crippen LogP contribution in [0.5, 0.6) is 5.75 Å². The number of ether oxygens (including phenoxy) is 1. The third-order valence-corrected chi connectivity index (χ3v) is 1.75. The van der Waals surface area contributed by atoms with Crippen molar-refractivity contribution < 1.29 is 17.9 Å². The van der Waals surface area contributed by atoms with E-state index in [0.717, 1.165) is 6.07 Å². The predicted octanol–water partition coefficient (Wildman–Crippen LogP) is 3.23. The van der Waals surface area contributed by atoms with Crippen LogP contribution in [0.4, 0.5) is 13.2 Å². The van der Waals surface area contributed by atoms with Crippen molar-refractivity contribution in [3.05, 3.63) is 28.5 Å². The molecule has 1 nitrogen and oxygen atoms in total. The first-order valence-electron chi connectivity index (χ1n) is 3.45. The van der Waals surface area contributed by atoms with Gasteiger partial charge in [0.05, 0.1) is 0 Å². The summed E-state index contributed by atoms with van der Waals surface area (Å²) in [6.45, 7) is -0.793. The quantitative estimate of drug-likeness (QED) is 0.805. The topological polar surface area (TPSA) is 9.23 Å². The fourth-order valence-electron chi connectivity index (χ4n) is 0.745. The summed E-state index contributed by atoms with van der Waals surface area (Å²) in [5.74, 6) is -0.821. The number of hydrogen-bond acceptors (Lipinski definition) is 1. The number of halogens is 4. The van der Waals surface area contributed by atoms with Crippen LogP contribution in [0.15, 0.2) is 22.7 Å². The van der Waals surface area contributed by atoms with Gasteiger partial charge in [-0.2, -0.15) is 0 Å². The van der Waals surface area contributed by atoms with Crippen molar-refractivity contribution in [1.29, 1.82) is 0 Å². The molecule has 0 aliphatic carbocycles. The van der Waals surface area contributed by atoms with Crippen molar-refractivity contribution in [1.82, 2.24) is 0 Å². The molecule has 1 aromatic rings. The maximum atomic E-state index is 12.9. The number of rotatable bonds is 3. The highest BCUT2D eigenvalue weighted by Crippen LogP contribution is 2.21. The molecule has 0 aliphatic rings. The largest absolute Gasteiger partial charge is 0.485 e. The summed E-state index contributed by atoms with van der Waals surface area (Å²) in [6, 6.07) is 3.96. The Morgan fingerprint density at radius 2 is 2.08 bits per heavy atom. The molecule has 0 amide bonds. The number of benzene rings is 1. The van der Waals surface area contributed by atoms with Gasteiger partial charge >= 0.3 is 0 Å². The molecule has 0 saturated carbocycles. The van der Waals surface area contributed by atoms with Gasteiger partial charge in [0.1, 0.15) is 6.61 Å². The number of alkyl halides is 2. The first kappa shape index (κ1) is 10.4. The molecule has 0 aliphatic heterocycles. The van der Waals surface area contributed by atoms with Gasteiger partial charge in [-0.25, -0.2) is 13.2 Å². The minimum Gasteiger partial charge on any atom is -0.485 e. The van der Waals surface area contributed by atoms with Crippen LogP contribution in [0.1, 0.15) is 0 Å². The zero-order chi connectivity index (χ0) is 9.84. The Kier molecular flexibility index (Phi) is 3.59. The first-order chi connectivity index (χ1) is 6.09. The van der Waals surface area contributed by atoms with Gasteiger partial charge in [-0.1, -0.05) is 15.9 Å². The maximum absolute atomic E-state index is 12.9. The van der Waals surface area contributed by atoms with E-state index in [-0.39, 0.29) is 5.75 Å². The molecule has 0 fully saturated rings. The van der Waals surface area contributed by atoms with E-state index in [1.54, 1.807) is 0 Å². The summed E-state index contributed by atoms with van der Waals surface area (Å²) in [4.78, 5) is 0. The van der Waals surface area contributed by atoms with E-state index in [2.05, 4.69) is 20.7 Å². The second-order valence-corrected chi connectivity index (χ2v) is 3.19. The minimum absolute atomic E-state index is 0.163. The van der Waals surface area contributed by atoms with Crippen molar-refractivity contribution in [2.24, 2.45) is 0 Å². The Bertz CT molecular complexity index is 291. The Balaban J connectivity index is 2.67. The molecule has 0 heterocycles. The van der Waals surface area contributed by atoms with E-state index in [1.165, 1.54) is 12.1 Å². The molecule has 0 saturated heterocycles. The molecule has 5 heteroatoms. The third kappa shape index (κ3) is 3.26. The molecular formula is C8H6BrF3O. The van der Waals surface area contributed by atoms with Crippen LogP contribution >= 0.6 is 15.9 Å². The van der Waals surface area contributed by atoms with Crippen molar-refractivity contribution in [2.45, 2.75) is 6.43 Å². The van der Waals surface area contributed by atoms with Crippen LogP contribution in [0.3, 0.4) is 0 Å². The highest BCUT2D eigenvalue weighted by Gasteiger charge is 2.07. The molecule has 1 rings (SSSR count). The van der Waals surface area contributed by atoms with Gasteiger partial charge in [0.2, 0.25) is 0 Å². The van der Waals surface area contributed by atoms with E-state index in [0.29, 0.717) is 4.47 Å². The Morgan fingerprint density at radius 1 is 1.38 bits per heavy atom. The molecule has 0 N–H and O–H groups in total. The summed E-state index contributed by atoms with van der Waals surface area (Å²) in [5, 5.41) is 0. The van der Waals surface area contributed by atoms with E-state index in [9.17, 15) is 13.2 Å². The van der Waals surface area contributed by atoms with Gasteiger partial charge in [0.25, 0.3) is 6.43 Å². The van der Waals surface area contributed by atoms with Crippen molar-refractivity contribution in [3.63, 3.8) is 0 Å². The Hall–Kier alpha value is -0.710. The van der Waals surface area contributed by atoms with Gasteiger partial charge < -0.3 is 4.74 Å². The van der Waals surface area contributed by atoms with Crippen LogP contribution in [0, 0.1) is 5.82 Å². The van der Waals surface area contributed by atoms with Gasteiger partial charge in [-0.05, 0) is 18.2 Å². The zero-order valence-corrected chi connectivity index (χ0v) is 8.02. The molecule has 0 radical (unpaired) electrons. The lowest BCUT2D eigenvalue weighted by molar-refractivity contribution is 0.0799. The highest BCUT2D eigenvalue weighted by atomic mass is 79.9. The first-order valence-corrected chi connectivity index (χ1v) is 4.25. The van der Waals surface area contributed by atoms with Crippen LogP contribution < -0.4 is 4.74 Å². The molecule has 1 aromatic carbocycles. The molecule has 0 spiro atoms. The molecule has 13 heavy (non-hydrogen) atoms. The van der Waals surface area contributed by atoms with Crippen molar-refractivity contribution in [2.75, 3.05) is 6.61 Å². The molecule has 0 bridgehead atoms. The smallest absolute Gasteiger partial charge is 0.272 e. The highest BCUT2D eigenvalue weighted by molar-refractivity contribution is 9.10. The van der Waals surface area contributed by atoms with Gasteiger partial charge in [-0.3, -0.25) is 0 Å². The summed E-state index contributed by atoms with van der Waals surface area (Å²) >= 11 is 3.03. The van der Waals surface area contributed by atoms with E-state index >= 15 is 0 Å². The fraction of sp³-hybridized carbons (Fsp3) is 0.250. The monoisotopic (exact) mass is 254 g/mol. The van der Waals surface area contributed by atoms with E-state index in [4.69, 9.17) is 0 Å². The summed E-state index contributed by atoms with van der Waals surface area (Å²) < 4.78 is 41.3. The molecule has 0 atom stereocenters. The zero-order valence-electron chi connectivity index (χ0n) is 6.44. The Morgan fingerprint density at radius 3 is 2.62 bits per heavy atom. The second kappa shape index (κ2) is 4.50. The normalized spacial score (nSPS) is 10.5. The van der Waals surface area contributed by atoms with Gasteiger partial charge in [0.15, 0.2) is 11.6 Å². The maximum Gasteiger partial charge on any atom is 0.272 e. The predicted molar refractivity (Wildman–Crippen MR) is 45.6 cm³/mol. The lowest BCUT2D eigenvalue weighted by Crippen LogP contribution is -2.07. The van der Waals surface area contributed by atoms with Gasteiger partial charge in [0, 0.05) is 4.47 Å². The average Bonchev–Trinajstić information content (AvgIpc) is 2.02. The fourth-order valence-corrected chi connectivity index (χ4v) is 1.08. The molecule has 72 valence electrons. The lowest BCUT2D eigenvalue weighted by Gasteiger charge is -2.05. The van der Waals surface area contributed by atoms with E-state index < -0.39 is 18.8 Å². The summed E-state index contributed by atoms with van der Waals surface area (Å²) in [5.41, 5.74) is 0. The van der Waals surface area contributed by atoms with Crippen LogP contribution in [0.25, 0.3) is 0 Å². The van der Waals surface area contributed by atoms with Crippen LogP contribution in [-0.4, -0.2) is 13.0 Å². The number of hydrogen-bond donors (Lipinski definition) is 0. The summed E-state index contributed by atoms with van der Waals surface area (Å²) in [6.07, 6.45) is -2.59. The molecule has 0 aromatic heterocycles. The van der Waals surface area contributed by atoms with Crippen molar-refractivity contribution >= 4 is 15.9 Å². The molecular weight excluding hydrogens is 249 g/mol. The van der Waals surface area contributed by atoms with E-state index in [1.807, 2.05) is 0 Å². The SMILES string of the molecule is Fc1cc(Br)ccc1OCC(F)F. The lowest BCUT2D eigenvalue weighted by atomic mass is 10.3. The van der Waals surface area contributed by atoms with Gasteiger partial charge in [-0.15, -0.1) is 0 Å².